The lowest BCUT2D eigenvalue weighted by Crippen LogP contribution is -2.41. The predicted molar refractivity (Wildman–Crippen MR) is 59.2 cm³/mol. The maximum Gasteiger partial charge on any atom is 0.270 e. The molecule has 0 aromatic carbocycles. The number of ether oxygens (including phenoxy) is 1. The van der Waals surface area contributed by atoms with Gasteiger partial charge in [0, 0.05) is 6.04 Å². The molecule has 1 amide bonds. The quantitative estimate of drug-likeness (QED) is 0.684. The lowest BCUT2D eigenvalue weighted by Gasteiger charge is -2.16. The first-order valence-corrected chi connectivity index (χ1v) is 5.56. The van der Waals surface area contributed by atoms with Crippen molar-refractivity contribution < 1.29 is 9.53 Å². The van der Waals surface area contributed by atoms with Crippen LogP contribution >= 0.6 is 0 Å². The van der Waals surface area contributed by atoms with Gasteiger partial charge in [0.25, 0.3) is 5.95 Å². The number of carbonyl (C=O) groups is 1. The molecule has 2 N–H and O–H groups in total. The van der Waals surface area contributed by atoms with Gasteiger partial charge < -0.3 is 10.1 Å². The minimum Gasteiger partial charge on any atom is -0.379 e. The number of amides is 1. The average molecular weight is 240 g/mol. The first kappa shape index (κ1) is 11.9. The smallest absolute Gasteiger partial charge is 0.270 e. The van der Waals surface area contributed by atoms with Crippen LogP contribution < -0.4 is 10.6 Å². The Hall–Kier alpha value is -1.54. The van der Waals surface area contributed by atoms with Gasteiger partial charge in [-0.15, -0.1) is 5.10 Å². The molecule has 0 aliphatic carbocycles. The second kappa shape index (κ2) is 5.19. The molecule has 1 fully saturated rings. The van der Waals surface area contributed by atoms with E-state index in [0.717, 1.165) is 6.54 Å². The summed E-state index contributed by atoms with van der Waals surface area (Å²) in [5.41, 5.74) is 0. The molecule has 2 heterocycles. The summed E-state index contributed by atoms with van der Waals surface area (Å²) in [5, 5.41) is 17.1. The Morgan fingerprint density at radius 3 is 3.06 bits per heavy atom. The molecular weight excluding hydrogens is 224 g/mol. The van der Waals surface area contributed by atoms with Gasteiger partial charge in [0.15, 0.2) is 0 Å². The number of nitrogens with one attached hydrogen (secondary N) is 2. The van der Waals surface area contributed by atoms with Crippen LogP contribution in [0.1, 0.15) is 6.92 Å². The first-order valence-electron chi connectivity index (χ1n) is 5.56. The molecule has 1 aromatic rings. The zero-order valence-corrected chi connectivity index (χ0v) is 9.88. The van der Waals surface area contributed by atoms with Gasteiger partial charge in [-0.2, -0.15) is 4.80 Å². The summed E-state index contributed by atoms with van der Waals surface area (Å²) < 4.78 is 5.30. The number of tetrazole rings is 1. The third-order valence-corrected chi connectivity index (χ3v) is 2.63. The molecule has 1 aliphatic heterocycles. The van der Waals surface area contributed by atoms with Crippen molar-refractivity contribution in [1.82, 2.24) is 25.5 Å². The maximum atomic E-state index is 12.0. The van der Waals surface area contributed by atoms with Crippen molar-refractivity contribution in [2.75, 3.05) is 25.1 Å². The van der Waals surface area contributed by atoms with Crippen LogP contribution in [0.2, 0.25) is 0 Å². The molecule has 17 heavy (non-hydrogen) atoms. The molecule has 0 saturated carbocycles. The van der Waals surface area contributed by atoms with Gasteiger partial charge in [0.1, 0.15) is 0 Å². The number of anilines is 1. The number of aromatic nitrogens is 4. The topological polar surface area (TPSA) is 94.0 Å². The fraction of sp³-hybridized carbons (Fsp3) is 0.778. The van der Waals surface area contributed by atoms with Crippen molar-refractivity contribution in [2.24, 2.45) is 13.0 Å². The van der Waals surface area contributed by atoms with E-state index < -0.39 is 0 Å². The van der Waals surface area contributed by atoms with Gasteiger partial charge in [0.05, 0.1) is 26.2 Å². The summed E-state index contributed by atoms with van der Waals surface area (Å²) in [6.45, 7) is 3.78. The van der Waals surface area contributed by atoms with Crippen molar-refractivity contribution >= 4 is 11.9 Å². The Bertz CT molecular complexity index is 393. The minimum atomic E-state index is -0.209. The highest BCUT2D eigenvalue weighted by atomic mass is 16.5. The van der Waals surface area contributed by atoms with Crippen LogP contribution in [0, 0.1) is 5.92 Å². The second-order valence-electron chi connectivity index (χ2n) is 3.90. The molecule has 94 valence electrons. The molecule has 1 aliphatic rings. The van der Waals surface area contributed by atoms with Crippen molar-refractivity contribution in [3.8, 4) is 0 Å². The molecule has 2 rings (SSSR count). The van der Waals surface area contributed by atoms with Gasteiger partial charge >= 0.3 is 0 Å². The number of aryl methyl sites for hydroxylation is 1. The predicted octanol–water partition coefficient (Wildman–Crippen LogP) is -1.23. The highest BCUT2D eigenvalue weighted by Gasteiger charge is 2.33. The zero-order chi connectivity index (χ0) is 12.3. The fourth-order valence-corrected chi connectivity index (χ4v) is 1.81. The Labute approximate surface area is 98.7 Å². The largest absolute Gasteiger partial charge is 0.379 e. The molecule has 2 unspecified atom stereocenters. The van der Waals surface area contributed by atoms with Gasteiger partial charge in [-0.25, -0.2) is 0 Å². The van der Waals surface area contributed by atoms with Crippen LogP contribution in [0.4, 0.5) is 5.95 Å². The molecule has 8 nitrogen and oxygen atoms in total. The van der Waals surface area contributed by atoms with Crippen LogP contribution in [0.5, 0.6) is 0 Å². The molecule has 0 spiro atoms. The third-order valence-electron chi connectivity index (χ3n) is 2.63. The van der Waals surface area contributed by atoms with E-state index in [2.05, 4.69) is 26.0 Å². The van der Waals surface area contributed by atoms with E-state index in [0.29, 0.717) is 13.2 Å². The summed E-state index contributed by atoms with van der Waals surface area (Å²) in [5.74, 6) is -0.125. The second-order valence-corrected chi connectivity index (χ2v) is 3.90. The average Bonchev–Trinajstić information content (AvgIpc) is 2.88. The van der Waals surface area contributed by atoms with E-state index in [4.69, 9.17) is 4.74 Å². The van der Waals surface area contributed by atoms with E-state index in [1.807, 2.05) is 6.92 Å². The van der Waals surface area contributed by atoms with Crippen LogP contribution in [0.25, 0.3) is 0 Å². The normalized spacial score (nSPS) is 23.9. The van der Waals surface area contributed by atoms with Gasteiger partial charge in [-0.3, -0.25) is 10.1 Å². The van der Waals surface area contributed by atoms with Gasteiger partial charge in [-0.1, -0.05) is 12.0 Å². The molecule has 8 heteroatoms. The third kappa shape index (κ3) is 2.77. The summed E-state index contributed by atoms with van der Waals surface area (Å²) in [6, 6.07) is 0.0525. The highest BCUT2D eigenvalue weighted by molar-refractivity contribution is 5.91. The van der Waals surface area contributed by atoms with E-state index >= 15 is 0 Å². The van der Waals surface area contributed by atoms with E-state index in [-0.39, 0.29) is 23.8 Å². The number of nitrogens with zero attached hydrogens (tertiary/aromatic N) is 4. The Balaban J connectivity index is 1.95. The van der Waals surface area contributed by atoms with Crippen molar-refractivity contribution in [1.29, 1.82) is 0 Å². The van der Waals surface area contributed by atoms with Crippen molar-refractivity contribution in [3.05, 3.63) is 0 Å². The maximum absolute atomic E-state index is 12.0. The molecule has 2 atom stereocenters. The van der Waals surface area contributed by atoms with Gasteiger partial charge in [0.2, 0.25) is 5.91 Å². The van der Waals surface area contributed by atoms with E-state index in [9.17, 15) is 4.79 Å². The first-order chi connectivity index (χ1) is 8.20. The standard InChI is InChI=1S/C9H16N6O2/c1-3-10-7-5-17-4-6(7)8(16)11-9-12-14-15(2)13-9/h6-7,10H,3-5H2,1-2H3,(H,11,13,16). The number of carbonyl (C=O) groups excluding carboxylic acids is 1. The zero-order valence-electron chi connectivity index (χ0n) is 9.88. The molecule has 0 radical (unpaired) electrons. The fourth-order valence-electron chi connectivity index (χ4n) is 1.81. The Morgan fingerprint density at radius 2 is 2.41 bits per heavy atom. The molecule has 0 bridgehead atoms. The lowest BCUT2D eigenvalue weighted by atomic mass is 10.0. The van der Waals surface area contributed by atoms with E-state index in [1.54, 1.807) is 7.05 Å². The summed E-state index contributed by atoms with van der Waals surface area (Å²) in [6.07, 6.45) is 0. The monoisotopic (exact) mass is 240 g/mol. The number of hydrogen-bond acceptors (Lipinski definition) is 6. The van der Waals surface area contributed by atoms with E-state index in [1.165, 1.54) is 4.80 Å². The molecule has 1 aromatic heterocycles. The SMILES string of the molecule is CCNC1COCC1C(=O)Nc1nnn(C)n1. The number of rotatable bonds is 4. The van der Waals surface area contributed by atoms with Crippen molar-refractivity contribution in [2.45, 2.75) is 13.0 Å². The molecular formula is C9H16N6O2. The van der Waals surface area contributed by atoms with Crippen LogP contribution in [0.3, 0.4) is 0 Å². The Morgan fingerprint density at radius 1 is 1.59 bits per heavy atom. The lowest BCUT2D eigenvalue weighted by molar-refractivity contribution is -0.120. The highest BCUT2D eigenvalue weighted by Crippen LogP contribution is 2.15. The van der Waals surface area contributed by atoms with Crippen LogP contribution in [-0.4, -0.2) is 51.9 Å². The Kier molecular flexibility index (Phi) is 3.64. The minimum absolute atomic E-state index is 0.0525. The number of likely N-dealkylation sites (N-methyl/N-ethyl adjacent to an activating group) is 1. The number of hydrogen-bond donors (Lipinski definition) is 2. The summed E-state index contributed by atoms with van der Waals surface area (Å²) in [7, 11) is 1.64. The van der Waals surface area contributed by atoms with Crippen LogP contribution in [0.15, 0.2) is 0 Å². The summed E-state index contributed by atoms with van der Waals surface area (Å²) in [4.78, 5) is 13.3. The summed E-state index contributed by atoms with van der Waals surface area (Å²) >= 11 is 0. The molecule has 1 saturated heterocycles. The van der Waals surface area contributed by atoms with Gasteiger partial charge in [-0.05, 0) is 11.8 Å². The van der Waals surface area contributed by atoms with Crippen LogP contribution in [-0.2, 0) is 16.6 Å². The van der Waals surface area contributed by atoms with Crippen molar-refractivity contribution in [3.63, 3.8) is 0 Å².